The van der Waals surface area contributed by atoms with Crippen LogP contribution in [0.3, 0.4) is 0 Å². The molecule has 0 amide bonds. The zero-order chi connectivity index (χ0) is 9.40. The van der Waals surface area contributed by atoms with Gasteiger partial charge in [-0.2, -0.15) is 0 Å². The normalized spacial score (nSPS) is 8.17. The van der Waals surface area contributed by atoms with Crippen LogP contribution >= 0.6 is 0 Å². The zero-order valence-corrected chi connectivity index (χ0v) is 6.84. The van der Waals surface area contributed by atoms with E-state index in [2.05, 4.69) is 13.2 Å². The Labute approximate surface area is 72.1 Å². The van der Waals surface area contributed by atoms with Gasteiger partial charge in [0.2, 0.25) is 0 Å². The fourth-order valence-electron chi connectivity index (χ4n) is 0.792. The molecule has 0 atom stereocenters. The highest BCUT2D eigenvalue weighted by Gasteiger charge is 2.11. The summed E-state index contributed by atoms with van der Waals surface area (Å²) < 4.78 is 23.4. The van der Waals surface area contributed by atoms with E-state index in [-0.39, 0.29) is 6.32 Å². The van der Waals surface area contributed by atoms with Gasteiger partial charge >= 0.3 is 7.27 Å². The first kappa shape index (κ1) is 10.9. The molecule has 0 fully saturated rings. The lowest BCUT2D eigenvalue weighted by atomic mass is 9.88. The van der Waals surface area contributed by atoms with Crippen LogP contribution < -0.4 is 0 Å². The largest absolute Gasteiger partial charge is 0.542 e. The van der Waals surface area contributed by atoms with Crippen molar-refractivity contribution in [3.8, 4) is 0 Å². The average molecular weight is 168 g/mol. The number of rotatable bonds is 2. The van der Waals surface area contributed by atoms with Gasteiger partial charge < -0.3 is 0 Å². The maximum atomic E-state index is 11.7. The summed E-state index contributed by atoms with van der Waals surface area (Å²) in [5.74, 6) is 0. The van der Waals surface area contributed by atoms with Gasteiger partial charge in [-0.25, -0.2) is 0 Å². The Hall–Kier alpha value is -1.12. The SMILES string of the molecule is C=C.FB(F)Cc1ccccc1. The second kappa shape index (κ2) is 6.59. The highest BCUT2D eigenvalue weighted by molar-refractivity contribution is 6.42. The first-order valence-electron chi connectivity index (χ1n) is 3.61. The molecule has 1 rings (SSSR count). The summed E-state index contributed by atoms with van der Waals surface area (Å²) >= 11 is 0. The molecule has 64 valence electrons. The Kier molecular flexibility index (Phi) is 5.97. The third kappa shape index (κ3) is 4.66. The molecule has 0 spiro atoms. The van der Waals surface area contributed by atoms with E-state index in [0.29, 0.717) is 5.56 Å². The Bertz CT molecular complexity index is 199. The van der Waals surface area contributed by atoms with Crippen molar-refractivity contribution in [1.29, 1.82) is 0 Å². The Morgan fingerprint density at radius 2 is 1.58 bits per heavy atom. The molecule has 0 aliphatic heterocycles. The minimum Gasteiger partial charge on any atom is -0.287 e. The molecule has 0 heterocycles. The fraction of sp³-hybridized carbons (Fsp3) is 0.111. The molecule has 0 radical (unpaired) electrons. The summed E-state index contributed by atoms with van der Waals surface area (Å²) in [5, 5.41) is 0. The van der Waals surface area contributed by atoms with E-state index in [1.165, 1.54) is 0 Å². The highest BCUT2D eigenvalue weighted by atomic mass is 19.2. The molecule has 0 saturated carbocycles. The van der Waals surface area contributed by atoms with Crippen LogP contribution in [0.15, 0.2) is 43.5 Å². The quantitative estimate of drug-likeness (QED) is 0.470. The van der Waals surface area contributed by atoms with E-state index in [1.54, 1.807) is 24.3 Å². The van der Waals surface area contributed by atoms with Crippen LogP contribution in [0.1, 0.15) is 5.56 Å². The molecule has 3 heteroatoms. The molecule has 1 aromatic carbocycles. The minimum atomic E-state index is -2.23. The predicted molar refractivity (Wildman–Crippen MR) is 49.4 cm³/mol. The van der Waals surface area contributed by atoms with Gasteiger partial charge in [0.25, 0.3) is 0 Å². The van der Waals surface area contributed by atoms with Crippen molar-refractivity contribution in [2.45, 2.75) is 6.32 Å². The standard InChI is InChI=1S/C7H7BF2.C2H4/c9-8(10)6-7-4-2-1-3-5-7;1-2/h1-5H,6H2;1-2H2. The Morgan fingerprint density at radius 1 is 1.08 bits per heavy atom. The van der Waals surface area contributed by atoms with Gasteiger partial charge in [-0.15, -0.1) is 13.2 Å². The van der Waals surface area contributed by atoms with Crippen LogP contribution in [0, 0.1) is 0 Å². The van der Waals surface area contributed by atoms with Crippen molar-refractivity contribution in [1.82, 2.24) is 0 Å². The van der Waals surface area contributed by atoms with Gasteiger partial charge in [-0.3, -0.25) is 8.63 Å². The molecule has 0 N–H and O–H groups in total. The Balaban J connectivity index is 0.000000561. The van der Waals surface area contributed by atoms with Crippen LogP contribution in [0.4, 0.5) is 8.63 Å². The zero-order valence-electron chi connectivity index (χ0n) is 6.84. The highest BCUT2D eigenvalue weighted by Crippen LogP contribution is 2.02. The molecule has 0 saturated heterocycles. The summed E-state index contributed by atoms with van der Waals surface area (Å²) in [6, 6.07) is 8.74. The predicted octanol–water partition coefficient (Wildman–Crippen LogP) is 3.00. The van der Waals surface area contributed by atoms with Gasteiger partial charge in [0.05, 0.1) is 0 Å². The van der Waals surface area contributed by atoms with Crippen molar-refractivity contribution in [2.75, 3.05) is 0 Å². The number of hydrogen-bond donors (Lipinski definition) is 0. The average Bonchev–Trinajstić information content (AvgIpc) is 2.08. The Morgan fingerprint density at radius 3 is 2.00 bits per heavy atom. The third-order valence-electron chi connectivity index (χ3n) is 1.23. The number of benzene rings is 1. The van der Waals surface area contributed by atoms with Gasteiger partial charge in [-0.1, -0.05) is 30.3 Å². The van der Waals surface area contributed by atoms with Crippen LogP contribution in [0.2, 0.25) is 0 Å². The van der Waals surface area contributed by atoms with Crippen molar-refractivity contribution in [2.24, 2.45) is 0 Å². The second-order valence-corrected chi connectivity index (χ2v) is 2.08. The van der Waals surface area contributed by atoms with Crippen molar-refractivity contribution in [3.63, 3.8) is 0 Å². The third-order valence-corrected chi connectivity index (χ3v) is 1.23. The van der Waals surface area contributed by atoms with E-state index in [9.17, 15) is 8.63 Å². The van der Waals surface area contributed by atoms with E-state index in [4.69, 9.17) is 0 Å². The molecule has 0 nitrogen and oxygen atoms in total. The van der Waals surface area contributed by atoms with Gasteiger partial charge in [0, 0.05) is 6.32 Å². The van der Waals surface area contributed by atoms with Crippen LogP contribution in [0.5, 0.6) is 0 Å². The topological polar surface area (TPSA) is 0 Å². The first-order chi connectivity index (χ1) is 5.79. The molecule has 0 unspecified atom stereocenters. The van der Waals surface area contributed by atoms with Crippen molar-refractivity contribution < 1.29 is 8.63 Å². The van der Waals surface area contributed by atoms with Crippen molar-refractivity contribution in [3.05, 3.63) is 49.1 Å². The maximum absolute atomic E-state index is 11.7. The summed E-state index contributed by atoms with van der Waals surface area (Å²) in [6.45, 7) is 6.00. The minimum absolute atomic E-state index is 0.138. The molecule has 0 bridgehead atoms. The van der Waals surface area contributed by atoms with Crippen LogP contribution in [-0.2, 0) is 6.32 Å². The van der Waals surface area contributed by atoms with E-state index >= 15 is 0 Å². The van der Waals surface area contributed by atoms with E-state index in [1.807, 2.05) is 6.07 Å². The molecule has 12 heavy (non-hydrogen) atoms. The molecule has 1 aromatic rings. The van der Waals surface area contributed by atoms with E-state index < -0.39 is 7.27 Å². The number of hydrogen-bond acceptors (Lipinski definition) is 0. The number of halogens is 2. The summed E-state index contributed by atoms with van der Waals surface area (Å²) in [7, 11) is -2.23. The first-order valence-corrected chi connectivity index (χ1v) is 3.61. The fourth-order valence-corrected chi connectivity index (χ4v) is 0.792. The van der Waals surface area contributed by atoms with Crippen LogP contribution in [0.25, 0.3) is 0 Å². The van der Waals surface area contributed by atoms with Crippen LogP contribution in [-0.4, -0.2) is 7.27 Å². The second-order valence-electron chi connectivity index (χ2n) is 2.08. The van der Waals surface area contributed by atoms with Gasteiger partial charge in [0.1, 0.15) is 0 Å². The lowest BCUT2D eigenvalue weighted by Gasteiger charge is -1.93. The van der Waals surface area contributed by atoms with E-state index in [0.717, 1.165) is 0 Å². The summed E-state index contributed by atoms with van der Waals surface area (Å²) in [4.78, 5) is 0. The maximum Gasteiger partial charge on any atom is 0.542 e. The summed E-state index contributed by atoms with van der Waals surface area (Å²) in [6.07, 6.45) is -0.138. The molecule has 0 aliphatic carbocycles. The van der Waals surface area contributed by atoms with Gasteiger partial charge in [-0.05, 0) is 5.56 Å². The lowest BCUT2D eigenvalue weighted by molar-refractivity contribution is 0.654. The van der Waals surface area contributed by atoms with Gasteiger partial charge in [0.15, 0.2) is 0 Å². The molecule has 0 aliphatic rings. The molecular formula is C9H11BF2. The summed E-state index contributed by atoms with van der Waals surface area (Å²) in [5.41, 5.74) is 0.692. The van der Waals surface area contributed by atoms with Crippen molar-refractivity contribution >= 4 is 7.27 Å². The lowest BCUT2D eigenvalue weighted by Crippen LogP contribution is -2.01. The smallest absolute Gasteiger partial charge is 0.287 e. The molecular weight excluding hydrogens is 157 g/mol. The monoisotopic (exact) mass is 168 g/mol. The molecule has 0 aromatic heterocycles.